The molecular weight excluding hydrogens is 693 g/mol. The van der Waals surface area contributed by atoms with Crippen LogP contribution in [0.25, 0.3) is 82.8 Å². The van der Waals surface area contributed by atoms with Crippen LogP contribution in [0.2, 0.25) is 0 Å². The third-order valence-electron chi connectivity index (χ3n) is 11.2. The minimum Gasteiger partial charge on any atom is -0.454 e. The number of anilines is 3. The second-order valence-corrected chi connectivity index (χ2v) is 14.5. The normalized spacial score (nSPS) is 11.5. The van der Waals surface area contributed by atoms with E-state index in [4.69, 9.17) is 4.42 Å². The number of rotatable bonds is 7. The van der Waals surface area contributed by atoms with Gasteiger partial charge in [-0.05, 0) is 94.0 Å². The number of benzene rings is 9. The van der Waals surface area contributed by atoms with Crippen molar-refractivity contribution in [1.29, 1.82) is 0 Å². The molecular formula is C54H36N2O. The van der Waals surface area contributed by atoms with Crippen LogP contribution in [0, 0.1) is 0 Å². The zero-order valence-electron chi connectivity index (χ0n) is 31.1. The van der Waals surface area contributed by atoms with Gasteiger partial charge in [0.1, 0.15) is 5.58 Å². The van der Waals surface area contributed by atoms with Crippen molar-refractivity contribution in [2.45, 2.75) is 0 Å². The smallest absolute Gasteiger partial charge is 0.159 e. The average Bonchev–Trinajstić information content (AvgIpc) is 3.84. The molecule has 11 rings (SSSR count). The SMILES string of the molecule is c1ccc(-c2ccc(N(c3ccc(-c4ccccc4)cc3)c3cccc4c3oc3ccc5c(c6ccccc6n5-c5ccc(-c6ccccc6)cc5)c34)cc2)cc1. The number of nitrogens with zero attached hydrogens (tertiary/aromatic N) is 2. The Balaban J connectivity index is 1.10. The minimum atomic E-state index is 0.850. The van der Waals surface area contributed by atoms with E-state index in [1.807, 2.05) is 0 Å². The van der Waals surface area contributed by atoms with E-state index in [1.165, 1.54) is 44.2 Å². The molecule has 57 heavy (non-hydrogen) atoms. The van der Waals surface area contributed by atoms with Crippen molar-refractivity contribution < 1.29 is 4.42 Å². The quantitative estimate of drug-likeness (QED) is 0.163. The minimum absolute atomic E-state index is 0.850. The van der Waals surface area contributed by atoms with Gasteiger partial charge in [-0.3, -0.25) is 0 Å². The van der Waals surface area contributed by atoms with Crippen molar-refractivity contribution in [2.24, 2.45) is 0 Å². The summed E-state index contributed by atoms with van der Waals surface area (Å²) in [6.07, 6.45) is 0. The summed E-state index contributed by atoms with van der Waals surface area (Å²) >= 11 is 0. The van der Waals surface area contributed by atoms with E-state index in [-0.39, 0.29) is 0 Å². The van der Waals surface area contributed by atoms with Crippen LogP contribution in [-0.2, 0) is 0 Å². The molecule has 11 aromatic rings. The van der Waals surface area contributed by atoms with Crippen molar-refractivity contribution in [1.82, 2.24) is 4.57 Å². The molecule has 3 heteroatoms. The number of para-hydroxylation sites is 2. The predicted octanol–water partition coefficient (Wildman–Crippen LogP) is 15.2. The van der Waals surface area contributed by atoms with Gasteiger partial charge in [0.25, 0.3) is 0 Å². The molecule has 0 radical (unpaired) electrons. The molecule has 0 aliphatic carbocycles. The van der Waals surface area contributed by atoms with E-state index in [9.17, 15) is 0 Å². The largest absolute Gasteiger partial charge is 0.454 e. The van der Waals surface area contributed by atoms with Crippen LogP contribution in [0.15, 0.2) is 223 Å². The molecule has 0 saturated heterocycles. The molecule has 0 aliphatic rings. The first-order valence-electron chi connectivity index (χ1n) is 19.4. The van der Waals surface area contributed by atoms with E-state index in [2.05, 4.69) is 228 Å². The first kappa shape index (κ1) is 32.8. The lowest BCUT2D eigenvalue weighted by Crippen LogP contribution is -2.10. The standard InChI is InChI=1S/C54H36N2O/c1-4-13-37(14-5-1)40-23-29-43(30-24-40)55(44-31-25-41(26-32-44)38-15-6-2-7-16-38)50-22-12-20-47-53-51(57-54(47)50)36-35-49-52(53)46-19-10-11-21-48(46)56(49)45-33-27-42(28-34-45)39-17-8-3-9-18-39/h1-36H. The van der Waals surface area contributed by atoms with Gasteiger partial charge in [-0.25, -0.2) is 0 Å². The highest BCUT2D eigenvalue weighted by molar-refractivity contribution is 6.28. The van der Waals surface area contributed by atoms with Crippen LogP contribution in [0.4, 0.5) is 17.1 Å². The molecule has 0 atom stereocenters. The fraction of sp³-hybridized carbons (Fsp3) is 0. The lowest BCUT2D eigenvalue weighted by Gasteiger charge is -2.26. The topological polar surface area (TPSA) is 21.3 Å². The second kappa shape index (κ2) is 13.6. The lowest BCUT2D eigenvalue weighted by atomic mass is 10.0. The molecule has 2 heterocycles. The Labute approximate surface area is 330 Å². The summed E-state index contributed by atoms with van der Waals surface area (Å²) in [5.74, 6) is 0. The first-order chi connectivity index (χ1) is 28.3. The van der Waals surface area contributed by atoms with Gasteiger partial charge in [0.2, 0.25) is 0 Å². The maximum absolute atomic E-state index is 6.98. The molecule has 0 saturated carbocycles. The van der Waals surface area contributed by atoms with Crippen LogP contribution in [0.5, 0.6) is 0 Å². The van der Waals surface area contributed by atoms with E-state index in [0.29, 0.717) is 0 Å². The van der Waals surface area contributed by atoms with E-state index >= 15 is 0 Å². The lowest BCUT2D eigenvalue weighted by molar-refractivity contribution is 0.669. The van der Waals surface area contributed by atoms with Crippen LogP contribution in [0.1, 0.15) is 0 Å². The molecule has 3 nitrogen and oxygen atoms in total. The van der Waals surface area contributed by atoms with Crippen molar-refractivity contribution in [3.05, 3.63) is 218 Å². The summed E-state index contributed by atoms with van der Waals surface area (Å²) in [6, 6.07) is 77.8. The van der Waals surface area contributed by atoms with Crippen molar-refractivity contribution in [2.75, 3.05) is 4.90 Å². The Morgan fingerprint density at radius 2 is 0.807 bits per heavy atom. The predicted molar refractivity (Wildman–Crippen MR) is 239 cm³/mol. The fourth-order valence-corrected chi connectivity index (χ4v) is 8.51. The van der Waals surface area contributed by atoms with Gasteiger partial charge in [0, 0.05) is 38.6 Å². The zero-order chi connectivity index (χ0) is 37.7. The number of aromatic nitrogens is 1. The summed E-state index contributed by atoms with van der Waals surface area (Å²) in [4.78, 5) is 2.32. The number of hydrogen-bond donors (Lipinski definition) is 0. The number of hydrogen-bond acceptors (Lipinski definition) is 2. The third-order valence-corrected chi connectivity index (χ3v) is 11.2. The molecule has 0 amide bonds. The van der Waals surface area contributed by atoms with Crippen LogP contribution < -0.4 is 4.90 Å². The van der Waals surface area contributed by atoms with Crippen LogP contribution in [0.3, 0.4) is 0 Å². The third kappa shape index (κ3) is 5.60. The van der Waals surface area contributed by atoms with E-state index in [0.717, 1.165) is 55.7 Å². The zero-order valence-corrected chi connectivity index (χ0v) is 31.1. The summed E-state index contributed by atoms with van der Waals surface area (Å²) in [7, 11) is 0. The Bertz CT molecular complexity index is 3100. The van der Waals surface area contributed by atoms with Gasteiger partial charge in [-0.1, -0.05) is 158 Å². The molecule has 0 N–H and O–H groups in total. The number of fused-ring (bicyclic) bond motifs is 7. The highest BCUT2D eigenvalue weighted by atomic mass is 16.3. The molecule has 0 aliphatic heterocycles. The molecule has 268 valence electrons. The molecule has 2 aromatic heterocycles. The van der Waals surface area contributed by atoms with Crippen LogP contribution in [-0.4, -0.2) is 4.57 Å². The summed E-state index contributed by atoms with van der Waals surface area (Å²) in [6.45, 7) is 0. The second-order valence-electron chi connectivity index (χ2n) is 14.5. The van der Waals surface area contributed by atoms with Crippen LogP contribution >= 0.6 is 0 Å². The fourth-order valence-electron chi connectivity index (χ4n) is 8.51. The molecule has 0 fully saturated rings. The summed E-state index contributed by atoms with van der Waals surface area (Å²) in [5, 5.41) is 4.60. The highest BCUT2D eigenvalue weighted by Gasteiger charge is 2.23. The van der Waals surface area contributed by atoms with Gasteiger partial charge in [0.15, 0.2) is 5.58 Å². The van der Waals surface area contributed by atoms with Gasteiger partial charge in [0.05, 0.1) is 16.7 Å². The Kier molecular flexibility index (Phi) is 7.82. The van der Waals surface area contributed by atoms with Gasteiger partial charge in [-0.2, -0.15) is 0 Å². The van der Waals surface area contributed by atoms with Gasteiger partial charge >= 0.3 is 0 Å². The monoisotopic (exact) mass is 728 g/mol. The average molecular weight is 729 g/mol. The maximum Gasteiger partial charge on any atom is 0.159 e. The Morgan fingerprint density at radius 1 is 0.333 bits per heavy atom. The van der Waals surface area contributed by atoms with Crippen molar-refractivity contribution in [3.8, 4) is 39.1 Å². The molecule has 0 unspecified atom stereocenters. The van der Waals surface area contributed by atoms with E-state index < -0.39 is 0 Å². The first-order valence-corrected chi connectivity index (χ1v) is 19.4. The van der Waals surface area contributed by atoms with Crippen molar-refractivity contribution in [3.63, 3.8) is 0 Å². The summed E-state index contributed by atoms with van der Waals surface area (Å²) in [5.41, 5.74) is 15.4. The summed E-state index contributed by atoms with van der Waals surface area (Å²) < 4.78 is 9.36. The van der Waals surface area contributed by atoms with Gasteiger partial charge < -0.3 is 13.9 Å². The molecule has 0 spiro atoms. The highest BCUT2D eigenvalue weighted by Crippen LogP contribution is 2.46. The Hall–Kier alpha value is -7.62. The molecule has 0 bridgehead atoms. The Morgan fingerprint density at radius 3 is 1.37 bits per heavy atom. The maximum atomic E-state index is 6.98. The van der Waals surface area contributed by atoms with E-state index in [1.54, 1.807) is 0 Å². The number of furan rings is 1. The van der Waals surface area contributed by atoms with Crippen molar-refractivity contribution >= 4 is 60.8 Å². The van der Waals surface area contributed by atoms with Gasteiger partial charge in [-0.15, -0.1) is 0 Å². The molecule has 9 aromatic carbocycles.